The summed E-state index contributed by atoms with van der Waals surface area (Å²) in [5.41, 5.74) is 0.591. The highest BCUT2D eigenvalue weighted by atomic mass is 32.2. The third kappa shape index (κ3) is 5.15. The first-order valence-corrected chi connectivity index (χ1v) is 10.3. The van der Waals surface area contributed by atoms with Gasteiger partial charge >= 0.3 is 0 Å². The second-order valence-corrected chi connectivity index (χ2v) is 8.31. The third-order valence-electron chi connectivity index (χ3n) is 4.90. The van der Waals surface area contributed by atoms with Crippen LogP contribution in [0.1, 0.15) is 44.6 Å². The van der Waals surface area contributed by atoms with E-state index in [1.807, 2.05) is 12.4 Å². The second-order valence-electron chi connectivity index (χ2n) is 7.24. The highest BCUT2D eigenvalue weighted by Gasteiger charge is 2.37. The van der Waals surface area contributed by atoms with Crippen LogP contribution < -0.4 is 0 Å². The highest BCUT2D eigenvalue weighted by Crippen LogP contribution is 2.25. The van der Waals surface area contributed by atoms with Crippen molar-refractivity contribution < 1.29 is 5.11 Å². The van der Waals surface area contributed by atoms with Gasteiger partial charge in [-0.2, -0.15) is 0 Å². The lowest BCUT2D eigenvalue weighted by Gasteiger charge is -2.33. The molecule has 2 saturated heterocycles. The molecule has 1 atom stereocenters. The molecule has 134 valence electrons. The van der Waals surface area contributed by atoms with Gasteiger partial charge in [0.05, 0.1) is 5.60 Å². The fourth-order valence-corrected chi connectivity index (χ4v) is 4.33. The van der Waals surface area contributed by atoms with Gasteiger partial charge < -0.3 is 10.0 Å². The standard InChI is InChI=1S/C18H30N4OS/c1-2-10-24-17-19-11-16(12-20-17)13-22-9-6-18(23,15-22)14-21-7-4-3-5-8-21/h11-12,23H,2-10,13-15H2,1H3/t18-/m1/s1. The Balaban J connectivity index is 1.48. The Morgan fingerprint density at radius 2 is 1.88 bits per heavy atom. The minimum atomic E-state index is -0.547. The van der Waals surface area contributed by atoms with Crippen LogP contribution in [-0.4, -0.2) is 69.0 Å². The molecule has 3 heterocycles. The summed E-state index contributed by atoms with van der Waals surface area (Å²) >= 11 is 1.71. The third-order valence-corrected chi connectivity index (χ3v) is 5.98. The van der Waals surface area contributed by atoms with Crippen LogP contribution in [0.5, 0.6) is 0 Å². The van der Waals surface area contributed by atoms with E-state index < -0.39 is 5.60 Å². The van der Waals surface area contributed by atoms with E-state index in [2.05, 4.69) is 26.7 Å². The van der Waals surface area contributed by atoms with Crippen LogP contribution in [0.15, 0.2) is 17.6 Å². The van der Waals surface area contributed by atoms with Crippen LogP contribution in [0.25, 0.3) is 0 Å². The van der Waals surface area contributed by atoms with Crippen molar-refractivity contribution >= 4 is 11.8 Å². The van der Waals surface area contributed by atoms with Gasteiger partial charge in [-0.3, -0.25) is 4.90 Å². The van der Waals surface area contributed by atoms with E-state index in [0.717, 1.165) is 68.6 Å². The summed E-state index contributed by atoms with van der Waals surface area (Å²) in [6, 6.07) is 0. The lowest BCUT2D eigenvalue weighted by Crippen LogP contribution is -2.46. The number of hydrogen-bond donors (Lipinski definition) is 1. The Bertz CT molecular complexity index is 506. The number of aromatic nitrogens is 2. The van der Waals surface area contributed by atoms with Crippen molar-refractivity contribution in [3.05, 3.63) is 18.0 Å². The van der Waals surface area contributed by atoms with Gasteiger partial charge in [-0.15, -0.1) is 0 Å². The van der Waals surface area contributed by atoms with Crippen LogP contribution in [-0.2, 0) is 6.54 Å². The van der Waals surface area contributed by atoms with E-state index in [4.69, 9.17) is 0 Å². The van der Waals surface area contributed by atoms with Crippen molar-refractivity contribution in [1.29, 1.82) is 0 Å². The van der Waals surface area contributed by atoms with Crippen LogP contribution in [0.3, 0.4) is 0 Å². The number of rotatable bonds is 7. The zero-order valence-corrected chi connectivity index (χ0v) is 15.6. The van der Waals surface area contributed by atoms with Crippen molar-refractivity contribution in [1.82, 2.24) is 19.8 Å². The minimum absolute atomic E-state index is 0.547. The molecule has 0 spiro atoms. The van der Waals surface area contributed by atoms with Crippen molar-refractivity contribution in [2.75, 3.05) is 38.5 Å². The van der Waals surface area contributed by atoms with Gasteiger partial charge in [-0.1, -0.05) is 25.1 Å². The molecule has 1 N–H and O–H groups in total. The van der Waals surface area contributed by atoms with E-state index in [1.54, 1.807) is 11.8 Å². The van der Waals surface area contributed by atoms with Gasteiger partial charge in [0, 0.05) is 49.9 Å². The molecule has 3 rings (SSSR count). The molecule has 0 amide bonds. The molecule has 0 saturated carbocycles. The van der Waals surface area contributed by atoms with Crippen molar-refractivity contribution in [3.8, 4) is 0 Å². The number of hydrogen-bond acceptors (Lipinski definition) is 6. The summed E-state index contributed by atoms with van der Waals surface area (Å²) in [5, 5.41) is 11.8. The Kier molecular flexibility index (Phi) is 6.49. The summed E-state index contributed by atoms with van der Waals surface area (Å²) < 4.78 is 0. The highest BCUT2D eigenvalue weighted by molar-refractivity contribution is 7.99. The van der Waals surface area contributed by atoms with Gasteiger partial charge in [0.1, 0.15) is 0 Å². The molecule has 5 nitrogen and oxygen atoms in total. The first kappa shape index (κ1) is 18.1. The molecule has 0 unspecified atom stereocenters. The van der Waals surface area contributed by atoms with Gasteiger partial charge in [0.2, 0.25) is 0 Å². The molecule has 0 aliphatic carbocycles. The maximum atomic E-state index is 10.9. The van der Waals surface area contributed by atoms with Crippen LogP contribution in [0.4, 0.5) is 0 Å². The number of thioether (sulfide) groups is 1. The van der Waals surface area contributed by atoms with E-state index in [1.165, 1.54) is 19.3 Å². The molecule has 6 heteroatoms. The number of nitrogens with zero attached hydrogens (tertiary/aromatic N) is 4. The molecule has 2 aliphatic rings. The van der Waals surface area contributed by atoms with Gasteiger partial charge in [-0.05, 0) is 38.8 Å². The van der Waals surface area contributed by atoms with E-state index in [0.29, 0.717) is 0 Å². The maximum absolute atomic E-state index is 10.9. The molecule has 0 aromatic carbocycles. The number of β-amino-alcohol motifs (C(OH)–C–C–N with tert-alkyl or cyclic N) is 1. The lowest BCUT2D eigenvalue weighted by atomic mass is 10.0. The molecule has 0 radical (unpaired) electrons. The molecule has 1 aromatic rings. The Morgan fingerprint density at radius 3 is 2.58 bits per heavy atom. The predicted octanol–water partition coefficient (Wildman–Crippen LogP) is 2.40. The quantitative estimate of drug-likeness (QED) is 0.602. The first-order chi connectivity index (χ1) is 11.7. The normalized spacial score (nSPS) is 26.1. The van der Waals surface area contributed by atoms with Crippen LogP contribution in [0.2, 0.25) is 0 Å². The fraction of sp³-hybridized carbons (Fsp3) is 0.778. The zero-order valence-electron chi connectivity index (χ0n) is 14.8. The van der Waals surface area contributed by atoms with Gasteiger partial charge in [0.15, 0.2) is 5.16 Å². The molecule has 24 heavy (non-hydrogen) atoms. The van der Waals surface area contributed by atoms with Crippen molar-refractivity contribution in [3.63, 3.8) is 0 Å². The molecule has 0 bridgehead atoms. The Hall–Kier alpha value is -0.690. The lowest BCUT2D eigenvalue weighted by molar-refractivity contribution is 0.00633. The molecule has 1 aromatic heterocycles. The van der Waals surface area contributed by atoms with E-state index >= 15 is 0 Å². The summed E-state index contributed by atoms with van der Waals surface area (Å²) in [6.07, 6.45) is 9.78. The fourth-order valence-electron chi connectivity index (χ4n) is 3.69. The summed E-state index contributed by atoms with van der Waals surface area (Å²) in [6.45, 7) is 7.83. The Morgan fingerprint density at radius 1 is 1.12 bits per heavy atom. The summed E-state index contributed by atoms with van der Waals surface area (Å²) in [7, 11) is 0. The largest absolute Gasteiger partial charge is 0.387 e. The number of aliphatic hydroxyl groups is 1. The van der Waals surface area contributed by atoms with Crippen LogP contribution in [0, 0.1) is 0 Å². The monoisotopic (exact) mass is 350 g/mol. The number of piperidine rings is 1. The topological polar surface area (TPSA) is 52.5 Å². The average Bonchev–Trinajstić information content (AvgIpc) is 2.95. The van der Waals surface area contributed by atoms with Crippen molar-refractivity contribution in [2.24, 2.45) is 0 Å². The molecular weight excluding hydrogens is 320 g/mol. The van der Waals surface area contributed by atoms with Gasteiger partial charge in [0.25, 0.3) is 0 Å². The second kappa shape index (κ2) is 8.61. The summed E-state index contributed by atoms with van der Waals surface area (Å²) in [4.78, 5) is 13.7. The van der Waals surface area contributed by atoms with E-state index in [-0.39, 0.29) is 0 Å². The maximum Gasteiger partial charge on any atom is 0.187 e. The average molecular weight is 351 g/mol. The SMILES string of the molecule is CCCSc1ncc(CN2CC[C@@](O)(CN3CCCCC3)C2)cn1. The molecular formula is C18H30N4OS. The predicted molar refractivity (Wildman–Crippen MR) is 98.2 cm³/mol. The van der Waals surface area contributed by atoms with Crippen molar-refractivity contribution in [2.45, 2.75) is 56.3 Å². The van der Waals surface area contributed by atoms with Crippen LogP contribution >= 0.6 is 11.8 Å². The first-order valence-electron chi connectivity index (χ1n) is 9.28. The molecule has 2 fully saturated rings. The van der Waals surface area contributed by atoms with E-state index in [9.17, 15) is 5.11 Å². The Labute approximate surface area is 149 Å². The summed E-state index contributed by atoms with van der Waals surface area (Å²) in [5.74, 6) is 1.06. The number of likely N-dealkylation sites (tertiary alicyclic amines) is 2. The molecule has 2 aliphatic heterocycles. The minimum Gasteiger partial charge on any atom is -0.387 e. The smallest absolute Gasteiger partial charge is 0.187 e. The zero-order chi connectivity index (χ0) is 16.8. The van der Waals surface area contributed by atoms with Gasteiger partial charge in [-0.25, -0.2) is 9.97 Å².